The van der Waals surface area contributed by atoms with Gasteiger partial charge in [-0.25, -0.2) is 0 Å². The molecule has 0 heterocycles. The highest BCUT2D eigenvalue weighted by atomic mass is 16.1. The summed E-state index contributed by atoms with van der Waals surface area (Å²) in [6.07, 6.45) is 6.39. The number of hydrogen-bond donors (Lipinski definition) is 0. The third-order valence-electron chi connectivity index (χ3n) is 3.80. The van der Waals surface area contributed by atoms with Crippen molar-refractivity contribution in [2.24, 2.45) is 11.3 Å². The number of carbonyl (C=O) groups excluding carboxylic acids is 1. The van der Waals surface area contributed by atoms with Crippen LogP contribution in [-0.4, -0.2) is 5.78 Å². The molecule has 0 aromatic heterocycles. The molecule has 12 heavy (non-hydrogen) atoms. The molecule has 0 amide bonds. The maximum Gasteiger partial charge on any atom is 0.143 e. The van der Waals surface area contributed by atoms with Gasteiger partial charge in [-0.05, 0) is 32.1 Å². The van der Waals surface area contributed by atoms with E-state index >= 15 is 0 Å². The van der Waals surface area contributed by atoms with E-state index in [9.17, 15) is 4.79 Å². The quantitative estimate of drug-likeness (QED) is 0.503. The molecular weight excluding hydrogens is 148 g/mol. The molecule has 2 atom stereocenters. The summed E-state index contributed by atoms with van der Waals surface area (Å²) in [5.41, 5.74) is 1.33. The molecule has 0 saturated heterocycles. The maximum atomic E-state index is 11.8. The van der Waals surface area contributed by atoms with Gasteiger partial charge in [-0.15, -0.1) is 0 Å². The van der Waals surface area contributed by atoms with Gasteiger partial charge in [-0.3, -0.25) is 4.79 Å². The lowest BCUT2D eigenvalue weighted by atomic mass is 9.73. The highest BCUT2D eigenvalue weighted by molar-refractivity contribution is 5.90. The molecule has 1 saturated carbocycles. The van der Waals surface area contributed by atoms with Crippen LogP contribution in [0.2, 0.25) is 0 Å². The van der Waals surface area contributed by atoms with Crippen molar-refractivity contribution in [2.75, 3.05) is 0 Å². The third kappa shape index (κ3) is 0.769. The smallest absolute Gasteiger partial charge is 0.143 e. The lowest BCUT2D eigenvalue weighted by molar-refractivity contribution is -0.125. The van der Waals surface area contributed by atoms with E-state index < -0.39 is 0 Å². The summed E-state index contributed by atoms with van der Waals surface area (Å²) >= 11 is 0. The standard InChI is InChI=1S/C11H16O/c1-8-5-6-9(2)11(8)7-3-4-10(11)12/h5,9H,3-4,6-7H2,1-2H3. The van der Waals surface area contributed by atoms with Crippen LogP contribution in [-0.2, 0) is 4.79 Å². The van der Waals surface area contributed by atoms with Crippen molar-refractivity contribution in [1.29, 1.82) is 0 Å². The molecule has 1 nitrogen and oxygen atoms in total. The zero-order valence-electron chi connectivity index (χ0n) is 7.89. The van der Waals surface area contributed by atoms with E-state index in [0.717, 1.165) is 25.7 Å². The van der Waals surface area contributed by atoms with E-state index in [2.05, 4.69) is 19.9 Å². The van der Waals surface area contributed by atoms with Crippen LogP contribution in [0, 0.1) is 11.3 Å². The molecular formula is C11H16O. The molecule has 1 heteroatoms. The first-order valence-corrected chi connectivity index (χ1v) is 4.88. The van der Waals surface area contributed by atoms with E-state index in [1.165, 1.54) is 5.57 Å². The van der Waals surface area contributed by atoms with Crippen molar-refractivity contribution in [3.05, 3.63) is 11.6 Å². The predicted octanol–water partition coefficient (Wildman–Crippen LogP) is 2.71. The fourth-order valence-corrected chi connectivity index (χ4v) is 2.95. The molecule has 2 aliphatic carbocycles. The van der Waals surface area contributed by atoms with E-state index in [-0.39, 0.29) is 5.41 Å². The molecule has 0 radical (unpaired) electrons. The molecule has 2 unspecified atom stereocenters. The molecule has 1 fully saturated rings. The Morgan fingerprint density at radius 3 is 2.75 bits per heavy atom. The van der Waals surface area contributed by atoms with E-state index in [4.69, 9.17) is 0 Å². The van der Waals surface area contributed by atoms with E-state index in [1.807, 2.05) is 0 Å². The molecule has 1 spiro atoms. The minimum Gasteiger partial charge on any atom is -0.299 e. The van der Waals surface area contributed by atoms with Gasteiger partial charge in [0.05, 0.1) is 5.41 Å². The van der Waals surface area contributed by atoms with E-state index in [0.29, 0.717) is 11.7 Å². The Bertz CT molecular complexity index is 252. The Kier molecular flexibility index (Phi) is 1.64. The Hall–Kier alpha value is -0.590. The van der Waals surface area contributed by atoms with E-state index in [1.54, 1.807) is 0 Å². The maximum absolute atomic E-state index is 11.8. The van der Waals surface area contributed by atoms with Crippen molar-refractivity contribution < 1.29 is 4.79 Å². The molecule has 2 rings (SSSR count). The normalized spacial score (nSPS) is 41.0. The summed E-state index contributed by atoms with van der Waals surface area (Å²) in [4.78, 5) is 11.8. The van der Waals surface area contributed by atoms with Gasteiger partial charge in [0.1, 0.15) is 5.78 Å². The van der Waals surface area contributed by atoms with Gasteiger partial charge in [0, 0.05) is 6.42 Å². The van der Waals surface area contributed by atoms with Crippen molar-refractivity contribution in [1.82, 2.24) is 0 Å². The third-order valence-corrected chi connectivity index (χ3v) is 3.80. The van der Waals surface area contributed by atoms with Crippen LogP contribution in [0.1, 0.15) is 39.5 Å². The first kappa shape index (κ1) is 8.03. The molecule has 0 N–H and O–H groups in total. The van der Waals surface area contributed by atoms with Gasteiger partial charge < -0.3 is 0 Å². The number of rotatable bonds is 0. The Balaban J connectivity index is 2.40. The van der Waals surface area contributed by atoms with Crippen LogP contribution in [0.4, 0.5) is 0 Å². The van der Waals surface area contributed by atoms with Crippen LogP contribution in [0.5, 0.6) is 0 Å². The van der Waals surface area contributed by atoms with Gasteiger partial charge >= 0.3 is 0 Å². The molecule has 0 bridgehead atoms. The van der Waals surface area contributed by atoms with Crippen molar-refractivity contribution >= 4 is 5.78 Å². The summed E-state index contributed by atoms with van der Waals surface area (Å²) < 4.78 is 0. The summed E-state index contributed by atoms with van der Waals surface area (Å²) in [6, 6.07) is 0. The largest absolute Gasteiger partial charge is 0.299 e. The number of ketones is 1. The average molecular weight is 164 g/mol. The summed E-state index contributed by atoms with van der Waals surface area (Å²) in [7, 11) is 0. The first-order valence-electron chi connectivity index (χ1n) is 4.88. The molecule has 66 valence electrons. The number of hydrogen-bond acceptors (Lipinski definition) is 1. The lowest BCUT2D eigenvalue weighted by Gasteiger charge is -2.29. The molecule has 0 aliphatic heterocycles. The zero-order valence-corrected chi connectivity index (χ0v) is 7.89. The van der Waals surface area contributed by atoms with Crippen molar-refractivity contribution in [2.45, 2.75) is 39.5 Å². The summed E-state index contributed by atoms with van der Waals surface area (Å²) in [5, 5.41) is 0. The highest BCUT2D eigenvalue weighted by Gasteiger charge is 2.49. The van der Waals surface area contributed by atoms with Crippen LogP contribution < -0.4 is 0 Å². The second-order valence-electron chi connectivity index (χ2n) is 4.27. The zero-order chi connectivity index (χ0) is 8.77. The van der Waals surface area contributed by atoms with Crippen molar-refractivity contribution in [3.63, 3.8) is 0 Å². The minimum absolute atomic E-state index is 0.0139. The highest BCUT2D eigenvalue weighted by Crippen LogP contribution is 2.52. The fraction of sp³-hybridized carbons (Fsp3) is 0.727. The lowest BCUT2D eigenvalue weighted by Crippen LogP contribution is -2.30. The molecule has 2 aliphatic rings. The fourth-order valence-electron chi connectivity index (χ4n) is 2.95. The second-order valence-corrected chi connectivity index (χ2v) is 4.27. The number of Topliss-reactive ketones (excluding diaryl/α,β-unsaturated/α-hetero) is 1. The number of carbonyl (C=O) groups is 1. The van der Waals surface area contributed by atoms with Crippen LogP contribution >= 0.6 is 0 Å². The topological polar surface area (TPSA) is 17.1 Å². The van der Waals surface area contributed by atoms with Gasteiger partial charge in [0.2, 0.25) is 0 Å². The molecule has 0 aromatic rings. The van der Waals surface area contributed by atoms with Crippen LogP contribution in [0.15, 0.2) is 11.6 Å². The molecule has 0 aromatic carbocycles. The number of allylic oxidation sites excluding steroid dienone is 2. The van der Waals surface area contributed by atoms with Gasteiger partial charge in [-0.2, -0.15) is 0 Å². The Labute approximate surface area is 73.8 Å². The van der Waals surface area contributed by atoms with Crippen LogP contribution in [0.3, 0.4) is 0 Å². The Morgan fingerprint density at radius 2 is 2.33 bits per heavy atom. The van der Waals surface area contributed by atoms with Gasteiger partial charge in [0.15, 0.2) is 0 Å². The summed E-state index contributed by atoms with van der Waals surface area (Å²) in [6.45, 7) is 4.35. The first-order chi connectivity index (χ1) is 5.68. The second kappa shape index (κ2) is 2.45. The SMILES string of the molecule is CC1=CCC(C)C12CCCC2=O. The minimum atomic E-state index is -0.0139. The van der Waals surface area contributed by atoms with Crippen molar-refractivity contribution in [3.8, 4) is 0 Å². The van der Waals surface area contributed by atoms with Gasteiger partial charge in [0.25, 0.3) is 0 Å². The summed E-state index contributed by atoms with van der Waals surface area (Å²) in [5.74, 6) is 1.06. The monoisotopic (exact) mass is 164 g/mol. The Morgan fingerprint density at radius 1 is 1.58 bits per heavy atom. The average Bonchev–Trinajstić information content (AvgIpc) is 2.53. The van der Waals surface area contributed by atoms with Crippen LogP contribution in [0.25, 0.3) is 0 Å². The van der Waals surface area contributed by atoms with Gasteiger partial charge in [-0.1, -0.05) is 18.6 Å². The predicted molar refractivity (Wildman–Crippen MR) is 48.8 cm³/mol.